The number of halogens is 1. The fraction of sp³-hybridized carbons (Fsp3) is 0.650. The van der Waals surface area contributed by atoms with Crippen LogP contribution < -0.4 is 10.6 Å². The largest absolute Gasteiger partial charge is 0.377 e. The van der Waals surface area contributed by atoms with E-state index < -0.39 is 0 Å². The normalized spacial score (nSPS) is 17.2. The summed E-state index contributed by atoms with van der Waals surface area (Å²) in [6.45, 7) is 5.46. The van der Waals surface area contributed by atoms with Crippen LogP contribution in [-0.4, -0.2) is 64.3 Å². The third-order valence-electron chi connectivity index (χ3n) is 4.91. The van der Waals surface area contributed by atoms with Gasteiger partial charge in [0.2, 0.25) is 0 Å². The minimum atomic E-state index is 0.194. The van der Waals surface area contributed by atoms with E-state index in [0.717, 1.165) is 38.6 Å². The summed E-state index contributed by atoms with van der Waals surface area (Å²) >= 11 is 3.70. The average molecular weight is 425 g/mol. The summed E-state index contributed by atoms with van der Waals surface area (Å²) in [6, 6.07) is 8.53. The fourth-order valence-corrected chi connectivity index (χ4v) is 3.86. The molecule has 1 aliphatic carbocycles. The molecule has 0 bridgehead atoms. The second-order valence-electron chi connectivity index (χ2n) is 7.24. The van der Waals surface area contributed by atoms with Gasteiger partial charge in [-0.3, -0.25) is 4.99 Å². The SMILES string of the molecule is CCOC(CCN(C)C)CNC(=NC)NCC1(c2ccccc2Br)CC1. The van der Waals surface area contributed by atoms with Crippen LogP contribution in [0.2, 0.25) is 0 Å². The van der Waals surface area contributed by atoms with Crippen molar-refractivity contribution in [2.45, 2.75) is 37.7 Å². The number of guanidine groups is 1. The Kier molecular flexibility index (Phi) is 8.38. The Morgan fingerprint density at radius 1 is 1.31 bits per heavy atom. The Morgan fingerprint density at radius 3 is 2.62 bits per heavy atom. The second kappa shape index (κ2) is 10.3. The first-order valence-electron chi connectivity index (χ1n) is 9.46. The predicted molar refractivity (Wildman–Crippen MR) is 113 cm³/mol. The number of benzene rings is 1. The number of nitrogens with one attached hydrogen (secondary N) is 2. The Balaban J connectivity index is 1.85. The molecular weight excluding hydrogens is 392 g/mol. The number of aliphatic imine (C=N–C) groups is 1. The van der Waals surface area contributed by atoms with Gasteiger partial charge >= 0.3 is 0 Å². The van der Waals surface area contributed by atoms with Crippen molar-refractivity contribution in [3.63, 3.8) is 0 Å². The molecule has 0 amide bonds. The Morgan fingerprint density at radius 2 is 2.04 bits per heavy atom. The summed E-state index contributed by atoms with van der Waals surface area (Å²) in [5.41, 5.74) is 1.61. The summed E-state index contributed by atoms with van der Waals surface area (Å²) < 4.78 is 7.05. The van der Waals surface area contributed by atoms with Crippen molar-refractivity contribution >= 4 is 21.9 Å². The Labute approximate surface area is 166 Å². The van der Waals surface area contributed by atoms with Crippen molar-refractivity contribution in [2.24, 2.45) is 4.99 Å². The van der Waals surface area contributed by atoms with Crippen molar-refractivity contribution in [3.8, 4) is 0 Å². The van der Waals surface area contributed by atoms with Crippen molar-refractivity contribution in [1.82, 2.24) is 15.5 Å². The quantitative estimate of drug-likeness (QED) is 0.447. The molecule has 1 aliphatic rings. The van der Waals surface area contributed by atoms with Gasteiger partial charge in [0.1, 0.15) is 0 Å². The van der Waals surface area contributed by atoms with Crippen LogP contribution in [-0.2, 0) is 10.2 Å². The van der Waals surface area contributed by atoms with Gasteiger partial charge in [-0.1, -0.05) is 34.1 Å². The number of ether oxygens (including phenoxy) is 1. The molecule has 1 unspecified atom stereocenters. The molecule has 26 heavy (non-hydrogen) atoms. The van der Waals surface area contributed by atoms with E-state index in [1.54, 1.807) is 0 Å². The van der Waals surface area contributed by atoms with E-state index in [1.165, 1.54) is 22.9 Å². The molecule has 6 heteroatoms. The maximum absolute atomic E-state index is 5.85. The summed E-state index contributed by atoms with van der Waals surface area (Å²) in [5.74, 6) is 0.845. The van der Waals surface area contributed by atoms with Crippen LogP contribution in [0.1, 0.15) is 31.7 Å². The Hall–Kier alpha value is -1.11. The zero-order valence-electron chi connectivity index (χ0n) is 16.5. The zero-order chi connectivity index (χ0) is 19.0. The second-order valence-corrected chi connectivity index (χ2v) is 8.09. The lowest BCUT2D eigenvalue weighted by Crippen LogP contribution is -2.44. The van der Waals surface area contributed by atoms with E-state index in [1.807, 2.05) is 14.0 Å². The molecular formula is C20H33BrN4O. The van der Waals surface area contributed by atoms with Crippen molar-refractivity contribution in [1.29, 1.82) is 0 Å². The lowest BCUT2D eigenvalue weighted by molar-refractivity contribution is 0.0548. The van der Waals surface area contributed by atoms with Gasteiger partial charge in [0.25, 0.3) is 0 Å². The monoisotopic (exact) mass is 424 g/mol. The zero-order valence-corrected chi connectivity index (χ0v) is 18.1. The standard InChI is InChI=1S/C20H33BrN4O/c1-5-26-16(10-13-25(3)4)14-23-19(22-2)24-15-20(11-12-20)17-8-6-7-9-18(17)21/h6-9,16H,5,10-15H2,1-4H3,(H2,22,23,24). The topological polar surface area (TPSA) is 48.9 Å². The van der Waals surface area contributed by atoms with Crippen molar-refractivity contribution in [3.05, 3.63) is 34.3 Å². The van der Waals surface area contributed by atoms with E-state index >= 15 is 0 Å². The lowest BCUT2D eigenvalue weighted by Gasteiger charge is -2.23. The highest BCUT2D eigenvalue weighted by Crippen LogP contribution is 2.49. The van der Waals surface area contributed by atoms with E-state index in [-0.39, 0.29) is 11.5 Å². The minimum Gasteiger partial charge on any atom is -0.377 e. The Bertz CT molecular complexity index is 587. The van der Waals surface area contributed by atoms with Crippen LogP contribution >= 0.6 is 15.9 Å². The van der Waals surface area contributed by atoms with Gasteiger partial charge < -0.3 is 20.3 Å². The minimum absolute atomic E-state index is 0.194. The predicted octanol–water partition coefficient (Wildman–Crippen LogP) is 3.00. The van der Waals surface area contributed by atoms with Gasteiger partial charge in [0, 0.05) is 43.2 Å². The van der Waals surface area contributed by atoms with Gasteiger partial charge in [0.15, 0.2) is 5.96 Å². The first-order chi connectivity index (χ1) is 12.5. The van der Waals surface area contributed by atoms with E-state index in [0.29, 0.717) is 0 Å². The van der Waals surface area contributed by atoms with Crippen LogP contribution in [0, 0.1) is 0 Å². The highest BCUT2D eigenvalue weighted by atomic mass is 79.9. The lowest BCUT2D eigenvalue weighted by atomic mass is 9.96. The summed E-state index contributed by atoms with van der Waals surface area (Å²) in [6.07, 6.45) is 3.62. The van der Waals surface area contributed by atoms with E-state index in [2.05, 4.69) is 74.8 Å². The molecule has 1 aromatic carbocycles. The molecule has 0 spiro atoms. The van der Waals surface area contributed by atoms with Crippen LogP contribution in [0.5, 0.6) is 0 Å². The first kappa shape index (κ1) is 21.2. The number of nitrogens with zero attached hydrogens (tertiary/aromatic N) is 2. The molecule has 0 heterocycles. The van der Waals surface area contributed by atoms with Gasteiger partial charge in [-0.15, -0.1) is 0 Å². The molecule has 1 atom stereocenters. The molecule has 1 saturated carbocycles. The molecule has 0 saturated heterocycles. The van der Waals surface area contributed by atoms with Gasteiger partial charge in [0.05, 0.1) is 6.10 Å². The number of hydrogen-bond acceptors (Lipinski definition) is 3. The van der Waals surface area contributed by atoms with Crippen LogP contribution in [0.3, 0.4) is 0 Å². The van der Waals surface area contributed by atoms with Crippen LogP contribution in [0.15, 0.2) is 33.7 Å². The number of hydrogen-bond donors (Lipinski definition) is 2. The van der Waals surface area contributed by atoms with Crippen LogP contribution in [0.4, 0.5) is 0 Å². The molecule has 0 aromatic heterocycles. The van der Waals surface area contributed by atoms with E-state index in [4.69, 9.17) is 4.74 Å². The fourth-order valence-electron chi connectivity index (χ4n) is 3.15. The van der Waals surface area contributed by atoms with Crippen molar-refractivity contribution < 1.29 is 4.74 Å². The van der Waals surface area contributed by atoms with Crippen LogP contribution in [0.25, 0.3) is 0 Å². The van der Waals surface area contributed by atoms with E-state index in [9.17, 15) is 0 Å². The molecule has 5 nitrogen and oxygen atoms in total. The molecule has 1 fully saturated rings. The van der Waals surface area contributed by atoms with Gasteiger partial charge in [-0.2, -0.15) is 0 Å². The third-order valence-corrected chi connectivity index (χ3v) is 5.61. The number of rotatable bonds is 10. The molecule has 146 valence electrons. The summed E-state index contributed by atoms with van der Waals surface area (Å²) in [5, 5.41) is 6.94. The molecule has 1 aromatic rings. The maximum atomic E-state index is 5.85. The molecule has 0 radical (unpaired) electrons. The highest BCUT2D eigenvalue weighted by Gasteiger charge is 2.45. The molecule has 2 rings (SSSR count). The summed E-state index contributed by atoms with van der Waals surface area (Å²) in [4.78, 5) is 6.57. The maximum Gasteiger partial charge on any atom is 0.191 e. The van der Waals surface area contributed by atoms with Gasteiger partial charge in [-0.05, 0) is 51.9 Å². The smallest absolute Gasteiger partial charge is 0.191 e. The third kappa shape index (κ3) is 6.25. The van der Waals surface area contributed by atoms with Crippen molar-refractivity contribution in [2.75, 3.05) is 47.4 Å². The molecule has 0 aliphatic heterocycles. The summed E-state index contributed by atoms with van der Waals surface area (Å²) in [7, 11) is 6.00. The van der Waals surface area contributed by atoms with Gasteiger partial charge in [-0.25, -0.2) is 0 Å². The highest BCUT2D eigenvalue weighted by molar-refractivity contribution is 9.10. The average Bonchev–Trinajstić information content (AvgIpc) is 3.40. The molecule has 2 N–H and O–H groups in total. The first-order valence-corrected chi connectivity index (χ1v) is 10.3.